The summed E-state index contributed by atoms with van der Waals surface area (Å²) in [6, 6.07) is 0. The molecule has 0 atom stereocenters. The fraction of sp³-hybridized carbons (Fsp3) is 0.833. The van der Waals surface area contributed by atoms with Crippen LogP contribution in [0.1, 0.15) is 20.8 Å². The molecule has 0 heterocycles. The third kappa shape index (κ3) is 7.27. The Morgan fingerprint density at radius 3 is 1.60 bits per heavy atom. The van der Waals surface area contributed by atoms with Gasteiger partial charge in [0.1, 0.15) is 0 Å². The minimum Gasteiger partial charge on any atom is -0.870 e. The van der Waals surface area contributed by atoms with Gasteiger partial charge in [0.15, 0.2) is 0 Å². The number of hydrogen-bond acceptors (Lipinski definition) is 2. The first-order valence-electron chi connectivity index (χ1n) is 3.22. The van der Waals surface area contributed by atoms with Gasteiger partial charge in [0.25, 0.3) is 0 Å². The number of rotatable bonds is 3. The van der Waals surface area contributed by atoms with Crippen LogP contribution in [0, 0.1) is 0 Å². The summed E-state index contributed by atoms with van der Waals surface area (Å²) in [5, 5.41) is 2.26. The van der Waals surface area contributed by atoms with Crippen LogP contribution in [0.25, 0.3) is 0 Å². The molecule has 0 bridgehead atoms. The quantitative estimate of drug-likeness (QED) is 0.480. The maximum atomic E-state index is 10.7. The molecule has 0 aliphatic rings. The number of carbonyl (C=O) groups excluding carboxylic acids is 1. The SMILES string of the molecule is C[CH2][Al]([CH2]C)[C](C)=O.[Na+].[OH-]. The molecule has 0 radical (unpaired) electrons. The molecule has 0 saturated heterocycles. The van der Waals surface area contributed by atoms with Gasteiger partial charge >= 0.3 is 43.7 Å². The van der Waals surface area contributed by atoms with E-state index in [2.05, 4.69) is 13.8 Å². The van der Waals surface area contributed by atoms with Crippen molar-refractivity contribution in [2.45, 2.75) is 31.3 Å². The molecule has 0 aromatic rings. The second kappa shape index (κ2) is 10.2. The fourth-order valence-electron chi connectivity index (χ4n) is 0.864. The van der Waals surface area contributed by atoms with E-state index in [1.54, 1.807) is 6.92 Å². The van der Waals surface area contributed by atoms with Crippen molar-refractivity contribution in [3.05, 3.63) is 0 Å². The van der Waals surface area contributed by atoms with E-state index >= 15 is 0 Å². The summed E-state index contributed by atoms with van der Waals surface area (Å²) in [7, 11) is 0. The van der Waals surface area contributed by atoms with Crippen LogP contribution >= 0.6 is 0 Å². The zero-order valence-electron chi connectivity index (χ0n) is 7.35. The minimum absolute atomic E-state index is 0. The van der Waals surface area contributed by atoms with E-state index in [0.29, 0.717) is 4.65 Å². The van der Waals surface area contributed by atoms with Crippen molar-refractivity contribution >= 4 is 18.8 Å². The van der Waals surface area contributed by atoms with Crippen LogP contribution in [0.2, 0.25) is 10.6 Å². The number of hydrogen-bond donors (Lipinski definition) is 0. The van der Waals surface area contributed by atoms with Crippen molar-refractivity contribution in [2.24, 2.45) is 0 Å². The Labute approximate surface area is 89.4 Å². The monoisotopic (exact) mass is 168 g/mol. The normalized spacial score (nSPS) is 7.10. The van der Waals surface area contributed by atoms with Crippen LogP contribution in [0.15, 0.2) is 0 Å². The van der Waals surface area contributed by atoms with Gasteiger partial charge in [-0.1, -0.05) is 24.4 Å². The molecule has 1 N–H and O–H groups in total. The van der Waals surface area contributed by atoms with Gasteiger partial charge < -0.3 is 10.3 Å². The number of carbonyl (C=O) groups is 1. The predicted molar refractivity (Wildman–Crippen MR) is 39.3 cm³/mol. The Bertz CT molecular complexity index is 83.8. The molecule has 0 aliphatic heterocycles. The Hall–Kier alpha value is 1.16. The van der Waals surface area contributed by atoms with Crippen molar-refractivity contribution < 1.29 is 39.8 Å². The van der Waals surface area contributed by atoms with Gasteiger partial charge in [-0.05, 0) is 6.92 Å². The molecule has 0 saturated carbocycles. The van der Waals surface area contributed by atoms with Gasteiger partial charge in [-0.2, -0.15) is 0 Å². The molecular formula is C6H14AlNaO2. The van der Waals surface area contributed by atoms with Crippen molar-refractivity contribution in [3.63, 3.8) is 0 Å². The van der Waals surface area contributed by atoms with E-state index in [4.69, 9.17) is 0 Å². The molecule has 0 rings (SSSR count). The van der Waals surface area contributed by atoms with Gasteiger partial charge in [0.05, 0.1) is 0 Å². The zero-order valence-corrected chi connectivity index (χ0v) is 10.5. The van der Waals surface area contributed by atoms with Crippen molar-refractivity contribution in [1.82, 2.24) is 0 Å². The molecular weight excluding hydrogens is 154 g/mol. The maximum Gasteiger partial charge on any atom is 1.00 e. The third-order valence-corrected chi connectivity index (χ3v) is 4.68. The Balaban J connectivity index is -0.000000245. The van der Waals surface area contributed by atoms with E-state index in [1.165, 1.54) is 0 Å². The van der Waals surface area contributed by atoms with E-state index in [1.807, 2.05) is 0 Å². The topological polar surface area (TPSA) is 47.1 Å². The summed E-state index contributed by atoms with van der Waals surface area (Å²) in [6.45, 7) is 5.95. The molecule has 0 spiro atoms. The molecule has 0 aromatic heterocycles. The first-order chi connectivity index (χ1) is 3.72. The summed E-state index contributed by atoms with van der Waals surface area (Å²) >= 11 is -0.904. The average Bonchev–Trinajstić information content (AvgIpc) is 1.69. The average molecular weight is 168 g/mol. The van der Waals surface area contributed by atoms with E-state index in [0.717, 1.165) is 10.6 Å². The Morgan fingerprint density at radius 1 is 1.30 bits per heavy atom. The van der Waals surface area contributed by atoms with Gasteiger partial charge in [0, 0.05) is 4.65 Å². The molecule has 54 valence electrons. The zero-order chi connectivity index (χ0) is 6.57. The largest absolute Gasteiger partial charge is 1.00 e. The Morgan fingerprint density at radius 2 is 1.60 bits per heavy atom. The van der Waals surface area contributed by atoms with Crippen LogP contribution in [-0.4, -0.2) is 24.3 Å². The molecule has 2 nitrogen and oxygen atoms in total. The van der Waals surface area contributed by atoms with Crippen LogP contribution in [0.4, 0.5) is 0 Å². The summed E-state index contributed by atoms with van der Waals surface area (Å²) in [5.41, 5.74) is 0. The van der Waals surface area contributed by atoms with E-state index in [9.17, 15) is 4.79 Å². The minimum atomic E-state index is -0.904. The van der Waals surface area contributed by atoms with Gasteiger partial charge in [-0.15, -0.1) is 0 Å². The standard InChI is InChI=1S/C2H3O.2C2H5.Al.Na.H2O/c1-2-3;2*1-2;;;/h1H3;2*1H2,2H3;;;1H2/q;;;;+1;/p-1. The van der Waals surface area contributed by atoms with Crippen LogP contribution in [-0.2, 0) is 4.79 Å². The van der Waals surface area contributed by atoms with Crippen LogP contribution in [0.3, 0.4) is 0 Å². The summed E-state index contributed by atoms with van der Waals surface area (Å²) in [4.78, 5) is 10.7. The van der Waals surface area contributed by atoms with Crippen molar-refractivity contribution in [1.29, 1.82) is 0 Å². The molecule has 0 unspecified atom stereocenters. The first-order valence-corrected chi connectivity index (χ1v) is 5.43. The van der Waals surface area contributed by atoms with Crippen molar-refractivity contribution in [2.75, 3.05) is 0 Å². The van der Waals surface area contributed by atoms with Crippen molar-refractivity contribution in [3.8, 4) is 0 Å². The molecule has 0 aromatic carbocycles. The Kier molecular flexibility index (Phi) is 17.6. The van der Waals surface area contributed by atoms with E-state index < -0.39 is 14.1 Å². The van der Waals surface area contributed by atoms with Gasteiger partial charge in [0.2, 0.25) is 0 Å². The first kappa shape index (κ1) is 17.3. The maximum absolute atomic E-state index is 10.7. The van der Waals surface area contributed by atoms with E-state index in [-0.39, 0.29) is 35.0 Å². The van der Waals surface area contributed by atoms with Crippen LogP contribution < -0.4 is 29.6 Å². The second-order valence-corrected chi connectivity index (χ2v) is 5.96. The second-order valence-electron chi connectivity index (χ2n) is 2.12. The molecule has 0 aliphatic carbocycles. The summed E-state index contributed by atoms with van der Waals surface area (Å²) < 4.78 is 0.468. The van der Waals surface area contributed by atoms with Crippen LogP contribution in [0.5, 0.6) is 0 Å². The third-order valence-electron chi connectivity index (χ3n) is 1.56. The molecule has 0 fully saturated rings. The molecule has 0 amide bonds. The fourth-order valence-corrected chi connectivity index (χ4v) is 2.59. The smallest absolute Gasteiger partial charge is 0.870 e. The van der Waals surface area contributed by atoms with Gasteiger partial charge in [-0.3, -0.25) is 0 Å². The molecule has 4 heteroatoms. The predicted octanol–water partition coefficient (Wildman–Crippen LogP) is -1.52. The molecule has 10 heavy (non-hydrogen) atoms. The van der Waals surface area contributed by atoms with Gasteiger partial charge in [-0.25, -0.2) is 0 Å². The summed E-state index contributed by atoms with van der Waals surface area (Å²) in [6.07, 6.45) is 0. The summed E-state index contributed by atoms with van der Waals surface area (Å²) in [5.74, 6) is 0.